The number of halogens is 1. The number of hydrogen-bond donors (Lipinski definition) is 1. The number of rotatable bonds is 3. The molecule has 19 heavy (non-hydrogen) atoms. The number of benzene rings is 1. The van der Waals surface area contributed by atoms with Crippen LogP contribution in [0.4, 0.5) is 5.69 Å². The molecule has 2 nitrogen and oxygen atoms in total. The number of thioether (sulfide) groups is 1. The van der Waals surface area contributed by atoms with Crippen LogP contribution in [0.3, 0.4) is 0 Å². The van der Waals surface area contributed by atoms with Crippen molar-refractivity contribution in [1.82, 2.24) is 0 Å². The van der Waals surface area contributed by atoms with Crippen molar-refractivity contribution in [1.29, 1.82) is 0 Å². The molecule has 1 aliphatic rings. The predicted molar refractivity (Wildman–Crippen MR) is 90.4 cm³/mol. The Morgan fingerprint density at radius 2 is 2.16 bits per heavy atom. The minimum Gasteiger partial charge on any atom is -0.334 e. The van der Waals surface area contributed by atoms with E-state index in [1.807, 2.05) is 11.8 Å². The minimum atomic E-state index is 0.632. The third kappa shape index (κ3) is 3.99. The number of nitrogens with zero attached hydrogens (tertiary/aromatic N) is 1. The third-order valence-corrected chi connectivity index (χ3v) is 4.87. The Hall–Kier alpha value is -0.480. The van der Waals surface area contributed by atoms with Crippen LogP contribution in [-0.2, 0) is 0 Å². The molecule has 0 spiro atoms. The van der Waals surface area contributed by atoms with Crippen molar-refractivity contribution in [3.05, 3.63) is 27.7 Å². The van der Waals surface area contributed by atoms with Gasteiger partial charge in [-0.25, -0.2) is 0 Å². The highest BCUT2D eigenvalue weighted by atomic mass is 79.9. The highest BCUT2D eigenvalue weighted by molar-refractivity contribution is 9.10. The molecule has 0 saturated heterocycles. The van der Waals surface area contributed by atoms with E-state index in [1.165, 1.54) is 17.5 Å². The van der Waals surface area contributed by atoms with Gasteiger partial charge in [0.15, 0.2) is 5.17 Å². The standard InChI is InChI=1S/C15H21BrN2S/c1-9(2)5-12-8-17-15(19-12)18-14-11(4)6-10(3)7-13(14)16/h6-7,9,12H,5,8H2,1-4H3,(H,17,18). The molecular weight excluding hydrogens is 320 g/mol. The number of aryl methyl sites for hydroxylation is 2. The van der Waals surface area contributed by atoms with E-state index >= 15 is 0 Å². The van der Waals surface area contributed by atoms with E-state index in [0.717, 1.165) is 27.8 Å². The first-order valence-electron chi connectivity index (χ1n) is 6.70. The van der Waals surface area contributed by atoms with Crippen molar-refractivity contribution in [2.75, 3.05) is 11.9 Å². The van der Waals surface area contributed by atoms with E-state index in [-0.39, 0.29) is 0 Å². The Morgan fingerprint density at radius 3 is 2.79 bits per heavy atom. The van der Waals surface area contributed by atoms with Gasteiger partial charge in [0.25, 0.3) is 0 Å². The van der Waals surface area contributed by atoms with E-state index in [9.17, 15) is 0 Å². The van der Waals surface area contributed by atoms with Gasteiger partial charge in [0.05, 0.1) is 12.2 Å². The molecule has 1 N–H and O–H groups in total. The van der Waals surface area contributed by atoms with Crippen LogP contribution in [0, 0.1) is 19.8 Å². The first-order chi connectivity index (χ1) is 8.95. The lowest BCUT2D eigenvalue weighted by Crippen LogP contribution is -2.10. The van der Waals surface area contributed by atoms with Gasteiger partial charge in [-0.2, -0.15) is 0 Å². The first-order valence-corrected chi connectivity index (χ1v) is 8.38. The molecule has 0 saturated carbocycles. The summed E-state index contributed by atoms with van der Waals surface area (Å²) in [6.07, 6.45) is 1.23. The summed E-state index contributed by atoms with van der Waals surface area (Å²) in [7, 11) is 0. The number of hydrogen-bond acceptors (Lipinski definition) is 3. The molecule has 1 aromatic carbocycles. The van der Waals surface area contributed by atoms with Gasteiger partial charge in [-0.15, -0.1) is 0 Å². The van der Waals surface area contributed by atoms with Crippen LogP contribution in [0.2, 0.25) is 0 Å². The largest absolute Gasteiger partial charge is 0.334 e. The van der Waals surface area contributed by atoms with Gasteiger partial charge < -0.3 is 5.32 Å². The monoisotopic (exact) mass is 340 g/mol. The summed E-state index contributed by atoms with van der Waals surface area (Å²) < 4.78 is 1.11. The van der Waals surface area contributed by atoms with Crippen molar-refractivity contribution in [3.8, 4) is 0 Å². The molecule has 1 unspecified atom stereocenters. The fraction of sp³-hybridized carbons (Fsp3) is 0.533. The number of aliphatic imine (C=N–C) groups is 1. The maximum atomic E-state index is 4.62. The fourth-order valence-electron chi connectivity index (χ4n) is 2.32. The molecule has 4 heteroatoms. The van der Waals surface area contributed by atoms with Gasteiger partial charge in [-0.1, -0.05) is 31.7 Å². The predicted octanol–water partition coefficient (Wildman–Crippen LogP) is 5.00. The second-order valence-electron chi connectivity index (χ2n) is 5.58. The molecule has 0 radical (unpaired) electrons. The average Bonchev–Trinajstić information content (AvgIpc) is 2.70. The second kappa shape index (κ2) is 6.31. The van der Waals surface area contributed by atoms with E-state index in [1.54, 1.807) is 0 Å². The lowest BCUT2D eigenvalue weighted by Gasteiger charge is -2.14. The molecular formula is C15H21BrN2S. The summed E-state index contributed by atoms with van der Waals surface area (Å²) in [5, 5.41) is 5.16. The van der Waals surface area contributed by atoms with Crippen molar-refractivity contribution in [2.45, 2.75) is 39.4 Å². The van der Waals surface area contributed by atoms with Crippen molar-refractivity contribution in [3.63, 3.8) is 0 Å². The molecule has 104 valence electrons. The smallest absolute Gasteiger partial charge is 0.161 e. The second-order valence-corrected chi connectivity index (χ2v) is 7.72. The first kappa shape index (κ1) is 14.9. The highest BCUT2D eigenvalue weighted by Gasteiger charge is 2.21. The summed E-state index contributed by atoms with van der Waals surface area (Å²) in [6.45, 7) is 9.72. The Balaban J connectivity index is 2.04. The summed E-state index contributed by atoms with van der Waals surface area (Å²) in [6, 6.07) is 4.33. The van der Waals surface area contributed by atoms with Crippen LogP contribution in [0.15, 0.2) is 21.6 Å². The van der Waals surface area contributed by atoms with Crippen LogP contribution in [0.1, 0.15) is 31.4 Å². The van der Waals surface area contributed by atoms with Crippen molar-refractivity contribution >= 4 is 38.5 Å². The topological polar surface area (TPSA) is 24.4 Å². The van der Waals surface area contributed by atoms with E-state index in [4.69, 9.17) is 0 Å². The molecule has 0 amide bonds. The summed E-state index contributed by atoms with van der Waals surface area (Å²) in [5.74, 6) is 0.736. The molecule has 1 aliphatic heterocycles. The molecule has 0 bridgehead atoms. The van der Waals surface area contributed by atoms with Crippen LogP contribution < -0.4 is 5.32 Å². The molecule has 1 heterocycles. The van der Waals surface area contributed by atoms with E-state index < -0.39 is 0 Å². The fourth-order valence-corrected chi connectivity index (χ4v) is 4.34. The summed E-state index contributed by atoms with van der Waals surface area (Å²) >= 11 is 5.51. The zero-order valence-corrected chi connectivity index (χ0v) is 14.4. The molecule has 0 aliphatic carbocycles. The van der Waals surface area contributed by atoms with Gasteiger partial charge >= 0.3 is 0 Å². The van der Waals surface area contributed by atoms with Crippen molar-refractivity contribution in [2.24, 2.45) is 10.9 Å². The highest BCUT2D eigenvalue weighted by Crippen LogP contribution is 2.32. The maximum absolute atomic E-state index is 4.62. The van der Waals surface area contributed by atoms with Gasteiger partial charge in [0.1, 0.15) is 0 Å². The molecule has 1 aromatic rings. The Morgan fingerprint density at radius 1 is 1.42 bits per heavy atom. The third-order valence-electron chi connectivity index (χ3n) is 3.11. The number of nitrogens with one attached hydrogen (secondary N) is 1. The number of amidine groups is 1. The Labute approximate surface area is 128 Å². The molecule has 2 rings (SSSR count). The Bertz CT molecular complexity index is 474. The van der Waals surface area contributed by atoms with Gasteiger partial charge in [-0.05, 0) is 59.3 Å². The normalized spacial score (nSPS) is 18.8. The lowest BCUT2D eigenvalue weighted by atomic mass is 10.1. The Kier molecular flexibility index (Phi) is 4.96. The average molecular weight is 341 g/mol. The molecule has 0 fully saturated rings. The van der Waals surface area contributed by atoms with Crippen LogP contribution in [0.5, 0.6) is 0 Å². The number of anilines is 1. The van der Waals surface area contributed by atoms with Crippen LogP contribution in [0.25, 0.3) is 0 Å². The van der Waals surface area contributed by atoms with Crippen molar-refractivity contribution < 1.29 is 0 Å². The van der Waals surface area contributed by atoms with E-state index in [2.05, 4.69) is 66.1 Å². The summed E-state index contributed by atoms with van der Waals surface area (Å²) in [4.78, 5) is 4.62. The zero-order valence-electron chi connectivity index (χ0n) is 12.0. The van der Waals surface area contributed by atoms with Crippen LogP contribution in [-0.4, -0.2) is 17.0 Å². The zero-order chi connectivity index (χ0) is 14.0. The maximum Gasteiger partial charge on any atom is 0.161 e. The van der Waals surface area contributed by atoms with Gasteiger partial charge in [-0.3, -0.25) is 4.99 Å². The molecule has 0 aromatic heterocycles. The summed E-state index contributed by atoms with van der Waals surface area (Å²) in [5.41, 5.74) is 3.66. The SMILES string of the molecule is Cc1cc(C)c(NC2=NCC(CC(C)C)S2)c(Br)c1. The quantitative estimate of drug-likeness (QED) is 0.837. The van der Waals surface area contributed by atoms with Crippen LogP contribution >= 0.6 is 27.7 Å². The minimum absolute atomic E-state index is 0.632. The lowest BCUT2D eigenvalue weighted by molar-refractivity contribution is 0.575. The van der Waals surface area contributed by atoms with Gasteiger partial charge in [0, 0.05) is 9.72 Å². The van der Waals surface area contributed by atoms with Gasteiger partial charge in [0.2, 0.25) is 0 Å². The molecule has 1 atom stereocenters. The van der Waals surface area contributed by atoms with E-state index in [0.29, 0.717) is 5.25 Å².